The number of ether oxygens (including phenoxy) is 2. The molecule has 0 spiro atoms. The monoisotopic (exact) mass is 209 g/mol. The lowest BCUT2D eigenvalue weighted by Crippen LogP contribution is -2.05. The number of nitrogens with zero attached hydrogens (tertiary/aromatic N) is 1. The summed E-state index contributed by atoms with van der Waals surface area (Å²) in [5.41, 5.74) is -0.0250. The zero-order chi connectivity index (χ0) is 11.1. The number of halogens is 1. The van der Waals surface area contributed by atoms with Crippen LogP contribution in [0.5, 0.6) is 5.75 Å². The Bertz CT molecular complexity index is 360. The highest BCUT2D eigenvalue weighted by molar-refractivity contribution is 5.38. The van der Waals surface area contributed by atoms with Crippen molar-refractivity contribution in [3.8, 4) is 11.8 Å². The molecule has 0 saturated heterocycles. The van der Waals surface area contributed by atoms with Crippen molar-refractivity contribution in [2.75, 3.05) is 13.4 Å². The normalized spacial score (nSPS) is 9.67. The van der Waals surface area contributed by atoms with Crippen LogP contribution >= 0.6 is 0 Å². The van der Waals surface area contributed by atoms with Gasteiger partial charge >= 0.3 is 0 Å². The predicted molar refractivity (Wildman–Crippen MR) is 52.9 cm³/mol. The van der Waals surface area contributed by atoms with E-state index in [9.17, 15) is 4.39 Å². The molecule has 1 rings (SSSR count). The van der Waals surface area contributed by atoms with E-state index in [0.29, 0.717) is 6.61 Å². The maximum absolute atomic E-state index is 13.4. The molecule has 1 aromatic carbocycles. The highest BCUT2D eigenvalue weighted by atomic mass is 19.1. The van der Waals surface area contributed by atoms with E-state index >= 15 is 0 Å². The Morgan fingerprint density at radius 3 is 2.93 bits per heavy atom. The third-order valence-corrected chi connectivity index (χ3v) is 1.73. The van der Waals surface area contributed by atoms with Crippen molar-refractivity contribution < 1.29 is 13.9 Å². The second-order valence-corrected chi connectivity index (χ2v) is 2.90. The number of hydrogen-bond acceptors (Lipinski definition) is 3. The molecule has 0 aliphatic rings. The van der Waals surface area contributed by atoms with E-state index in [1.54, 1.807) is 12.1 Å². The lowest BCUT2D eigenvalue weighted by Gasteiger charge is -2.07. The summed E-state index contributed by atoms with van der Waals surface area (Å²) in [6.07, 6.45) is 0.879. The highest BCUT2D eigenvalue weighted by Crippen LogP contribution is 2.19. The molecule has 15 heavy (non-hydrogen) atoms. The summed E-state index contributed by atoms with van der Waals surface area (Å²) in [7, 11) is 0. The summed E-state index contributed by atoms with van der Waals surface area (Å²) >= 11 is 0. The van der Waals surface area contributed by atoms with Gasteiger partial charge in [-0.15, -0.1) is 0 Å². The average molecular weight is 209 g/mol. The van der Waals surface area contributed by atoms with Crippen LogP contribution in [0.2, 0.25) is 0 Å². The number of nitriles is 1. The van der Waals surface area contributed by atoms with Crippen LogP contribution in [0.15, 0.2) is 18.2 Å². The molecule has 0 atom stereocenters. The van der Waals surface area contributed by atoms with E-state index in [2.05, 4.69) is 0 Å². The quantitative estimate of drug-likeness (QED) is 0.552. The molecule has 0 aliphatic carbocycles. The first-order valence-electron chi connectivity index (χ1n) is 4.68. The molecule has 0 N–H and O–H groups in total. The lowest BCUT2D eigenvalue weighted by atomic mass is 10.2. The summed E-state index contributed by atoms with van der Waals surface area (Å²) in [4.78, 5) is 0. The molecule has 80 valence electrons. The highest BCUT2D eigenvalue weighted by Gasteiger charge is 2.07. The van der Waals surface area contributed by atoms with E-state index in [1.807, 2.05) is 6.92 Å². The predicted octanol–water partition coefficient (Wildman–Crippen LogP) is 2.46. The number of benzene rings is 1. The minimum Gasteiger partial charge on any atom is -0.464 e. The van der Waals surface area contributed by atoms with E-state index in [4.69, 9.17) is 14.7 Å². The standard InChI is InChI=1S/C11H12FNO2/c1-2-6-14-8-15-10-5-3-4-9(7-13)11(10)12/h3-5H,2,6,8H2,1H3. The van der Waals surface area contributed by atoms with Gasteiger partial charge in [-0.05, 0) is 18.6 Å². The molecular weight excluding hydrogens is 197 g/mol. The van der Waals surface area contributed by atoms with Gasteiger partial charge in [0.15, 0.2) is 18.4 Å². The fourth-order valence-electron chi connectivity index (χ4n) is 1.02. The van der Waals surface area contributed by atoms with Gasteiger partial charge in [0.2, 0.25) is 0 Å². The average Bonchev–Trinajstić information content (AvgIpc) is 2.26. The van der Waals surface area contributed by atoms with E-state index < -0.39 is 5.82 Å². The summed E-state index contributed by atoms with van der Waals surface area (Å²) in [5, 5.41) is 8.58. The van der Waals surface area contributed by atoms with Gasteiger partial charge in [0.25, 0.3) is 0 Å². The summed E-state index contributed by atoms with van der Waals surface area (Å²) < 4.78 is 23.5. The Kier molecular flexibility index (Phi) is 4.58. The Balaban J connectivity index is 2.58. The van der Waals surface area contributed by atoms with Crippen LogP contribution in [0.4, 0.5) is 4.39 Å². The van der Waals surface area contributed by atoms with Crippen LogP contribution in [0.3, 0.4) is 0 Å². The lowest BCUT2D eigenvalue weighted by molar-refractivity contribution is 0.0135. The first-order valence-corrected chi connectivity index (χ1v) is 4.68. The van der Waals surface area contributed by atoms with Gasteiger partial charge in [-0.25, -0.2) is 4.39 Å². The topological polar surface area (TPSA) is 42.2 Å². The van der Waals surface area contributed by atoms with Crippen LogP contribution in [-0.2, 0) is 4.74 Å². The maximum atomic E-state index is 13.4. The second-order valence-electron chi connectivity index (χ2n) is 2.90. The van der Waals surface area contributed by atoms with E-state index in [0.717, 1.165) is 6.42 Å². The summed E-state index contributed by atoms with van der Waals surface area (Å²) in [6.45, 7) is 2.54. The number of rotatable bonds is 5. The first-order chi connectivity index (χ1) is 7.29. The molecule has 0 bridgehead atoms. The third-order valence-electron chi connectivity index (χ3n) is 1.73. The fraction of sp³-hybridized carbons (Fsp3) is 0.364. The molecule has 0 radical (unpaired) electrons. The van der Waals surface area contributed by atoms with Crippen molar-refractivity contribution >= 4 is 0 Å². The van der Waals surface area contributed by atoms with Crippen molar-refractivity contribution in [1.29, 1.82) is 5.26 Å². The molecule has 4 heteroatoms. The van der Waals surface area contributed by atoms with Gasteiger partial charge < -0.3 is 9.47 Å². The third kappa shape index (κ3) is 3.22. The molecule has 0 fully saturated rings. The molecular formula is C11H12FNO2. The van der Waals surface area contributed by atoms with Crippen molar-refractivity contribution in [2.24, 2.45) is 0 Å². The largest absolute Gasteiger partial charge is 0.464 e. The van der Waals surface area contributed by atoms with Crippen molar-refractivity contribution in [3.05, 3.63) is 29.6 Å². The van der Waals surface area contributed by atoms with Gasteiger partial charge in [0, 0.05) is 0 Å². The van der Waals surface area contributed by atoms with Gasteiger partial charge in [0.1, 0.15) is 6.07 Å². The summed E-state index contributed by atoms with van der Waals surface area (Å²) in [5.74, 6) is -0.592. The van der Waals surface area contributed by atoms with Gasteiger partial charge in [-0.2, -0.15) is 5.26 Å². The van der Waals surface area contributed by atoms with Crippen LogP contribution in [-0.4, -0.2) is 13.4 Å². The molecule has 3 nitrogen and oxygen atoms in total. The fourth-order valence-corrected chi connectivity index (χ4v) is 1.02. The van der Waals surface area contributed by atoms with Crippen molar-refractivity contribution in [3.63, 3.8) is 0 Å². The molecule has 0 saturated carbocycles. The van der Waals surface area contributed by atoms with Crippen LogP contribution in [0, 0.1) is 17.1 Å². The SMILES string of the molecule is CCCOCOc1cccc(C#N)c1F. The van der Waals surface area contributed by atoms with E-state index in [-0.39, 0.29) is 18.1 Å². The molecule has 0 unspecified atom stereocenters. The molecule has 0 aliphatic heterocycles. The van der Waals surface area contributed by atoms with Crippen LogP contribution < -0.4 is 4.74 Å². The Morgan fingerprint density at radius 2 is 2.27 bits per heavy atom. The molecule has 0 amide bonds. The Hall–Kier alpha value is -1.60. The maximum Gasteiger partial charge on any atom is 0.189 e. The summed E-state index contributed by atoms with van der Waals surface area (Å²) in [6, 6.07) is 6.17. The Morgan fingerprint density at radius 1 is 1.47 bits per heavy atom. The minimum absolute atomic E-state index is 0.000355. The smallest absolute Gasteiger partial charge is 0.189 e. The minimum atomic E-state index is -0.639. The molecule has 0 aromatic heterocycles. The Labute approximate surface area is 88.0 Å². The van der Waals surface area contributed by atoms with Crippen LogP contribution in [0.1, 0.15) is 18.9 Å². The van der Waals surface area contributed by atoms with Crippen molar-refractivity contribution in [2.45, 2.75) is 13.3 Å². The zero-order valence-electron chi connectivity index (χ0n) is 8.50. The molecule has 0 heterocycles. The zero-order valence-corrected chi connectivity index (χ0v) is 8.50. The number of hydrogen-bond donors (Lipinski definition) is 0. The van der Waals surface area contributed by atoms with Crippen molar-refractivity contribution in [1.82, 2.24) is 0 Å². The first kappa shape index (κ1) is 11.5. The molecule has 1 aromatic rings. The van der Waals surface area contributed by atoms with Gasteiger partial charge in [-0.3, -0.25) is 0 Å². The van der Waals surface area contributed by atoms with E-state index in [1.165, 1.54) is 12.1 Å². The second kappa shape index (κ2) is 5.99. The van der Waals surface area contributed by atoms with Crippen LogP contribution in [0.25, 0.3) is 0 Å². The van der Waals surface area contributed by atoms with Gasteiger partial charge in [-0.1, -0.05) is 13.0 Å². The van der Waals surface area contributed by atoms with Gasteiger partial charge in [0.05, 0.1) is 12.2 Å².